The number of thiocarbonyl (C=S) groups is 1. The number of isothiocyanates is 1. The van der Waals surface area contributed by atoms with Crippen LogP contribution in [0.5, 0.6) is 0 Å². The van der Waals surface area contributed by atoms with E-state index in [1.807, 2.05) is 0 Å². The van der Waals surface area contributed by atoms with Gasteiger partial charge in [-0.05, 0) is 43.3 Å². The summed E-state index contributed by atoms with van der Waals surface area (Å²) in [6.45, 7) is 0. The number of hydrogen-bond acceptors (Lipinski definition) is 2. The molecule has 2 aliphatic carbocycles. The predicted molar refractivity (Wildman–Crippen MR) is 44.4 cm³/mol. The Hall–Kier alpha value is -0.530. The Morgan fingerprint density at radius 1 is 1.36 bits per heavy atom. The Morgan fingerprint density at radius 3 is 2.55 bits per heavy atom. The second-order valence-corrected chi connectivity index (χ2v) is 3.65. The maximum Gasteiger partial charge on any atom is 0.257 e. The van der Waals surface area contributed by atoms with Crippen LogP contribution in [0.4, 0.5) is 0 Å². The second-order valence-electron chi connectivity index (χ2n) is 3.47. The van der Waals surface area contributed by atoms with E-state index < -0.39 is 0 Å². The molecule has 2 atom stereocenters. The first kappa shape index (κ1) is 7.14. The van der Waals surface area contributed by atoms with Crippen molar-refractivity contribution in [3.63, 3.8) is 0 Å². The minimum absolute atomic E-state index is 0.0489. The second kappa shape index (κ2) is 2.50. The molecule has 2 aliphatic rings. The molecule has 2 unspecified atom stereocenters. The third-order valence-corrected chi connectivity index (χ3v) is 2.84. The standard InChI is InChI=1S/C8H9NOS/c10-8(9-4-11)7-2-5-1-6(5)3-7/h5-7H,1-3H2. The van der Waals surface area contributed by atoms with Gasteiger partial charge in [0.2, 0.25) is 0 Å². The lowest BCUT2D eigenvalue weighted by Gasteiger charge is -2.03. The number of nitrogens with zero attached hydrogens (tertiary/aromatic N) is 1. The molecule has 58 valence electrons. The number of amides is 1. The van der Waals surface area contributed by atoms with Crippen molar-refractivity contribution in [3.8, 4) is 0 Å². The van der Waals surface area contributed by atoms with Gasteiger partial charge in [0.25, 0.3) is 5.91 Å². The third-order valence-electron chi connectivity index (χ3n) is 2.75. The first-order valence-electron chi connectivity index (χ1n) is 3.93. The first-order valence-corrected chi connectivity index (χ1v) is 4.34. The van der Waals surface area contributed by atoms with Crippen molar-refractivity contribution in [1.82, 2.24) is 0 Å². The van der Waals surface area contributed by atoms with Gasteiger partial charge < -0.3 is 0 Å². The van der Waals surface area contributed by atoms with Gasteiger partial charge in [-0.3, -0.25) is 4.79 Å². The van der Waals surface area contributed by atoms with Crippen LogP contribution in [0.1, 0.15) is 19.3 Å². The van der Waals surface area contributed by atoms with Crippen LogP contribution < -0.4 is 0 Å². The maximum absolute atomic E-state index is 11.1. The molecule has 2 saturated carbocycles. The predicted octanol–water partition coefficient (Wildman–Crippen LogP) is 1.66. The van der Waals surface area contributed by atoms with Crippen molar-refractivity contribution in [3.05, 3.63) is 0 Å². The summed E-state index contributed by atoms with van der Waals surface area (Å²) >= 11 is 4.37. The lowest BCUT2D eigenvalue weighted by molar-refractivity contribution is -0.121. The van der Waals surface area contributed by atoms with E-state index in [0.717, 1.165) is 24.7 Å². The highest BCUT2D eigenvalue weighted by Gasteiger charge is 2.47. The lowest BCUT2D eigenvalue weighted by Crippen LogP contribution is -2.09. The van der Waals surface area contributed by atoms with E-state index in [1.54, 1.807) is 0 Å². The van der Waals surface area contributed by atoms with Gasteiger partial charge in [-0.15, -0.1) is 0 Å². The van der Waals surface area contributed by atoms with Crippen molar-refractivity contribution < 1.29 is 4.79 Å². The van der Waals surface area contributed by atoms with Crippen molar-refractivity contribution in [1.29, 1.82) is 0 Å². The van der Waals surface area contributed by atoms with E-state index >= 15 is 0 Å². The molecule has 0 N–H and O–H groups in total. The topological polar surface area (TPSA) is 29.4 Å². The van der Waals surface area contributed by atoms with Crippen molar-refractivity contribution in [2.75, 3.05) is 0 Å². The summed E-state index contributed by atoms with van der Waals surface area (Å²) in [5.41, 5.74) is 0. The van der Waals surface area contributed by atoms with Crippen LogP contribution >= 0.6 is 12.2 Å². The van der Waals surface area contributed by atoms with Gasteiger partial charge in [-0.25, -0.2) is 0 Å². The Kier molecular flexibility index (Phi) is 1.63. The minimum atomic E-state index is -0.0489. The summed E-state index contributed by atoms with van der Waals surface area (Å²) < 4.78 is 0. The van der Waals surface area contributed by atoms with Crippen LogP contribution in [0.3, 0.4) is 0 Å². The highest BCUT2D eigenvalue weighted by molar-refractivity contribution is 7.78. The van der Waals surface area contributed by atoms with E-state index in [9.17, 15) is 4.79 Å². The fraction of sp³-hybridized carbons (Fsp3) is 0.750. The van der Waals surface area contributed by atoms with Gasteiger partial charge in [0.1, 0.15) is 0 Å². The number of fused-ring (bicyclic) bond motifs is 1. The third kappa shape index (κ3) is 1.26. The molecule has 0 aliphatic heterocycles. The zero-order valence-electron chi connectivity index (χ0n) is 6.12. The van der Waals surface area contributed by atoms with Gasteiger partial charge in [0, 0.05) is 5.92 Å². The number of aliphatic imine (C=N–C) groups is 1. The first-order chi connectivity index (χ1) is 5.31. The van der Waals surface area contributed by atoms with E-state index in [1.165, 1.54) is 6.42 Å². The zero-order chi connectivity index (χ0) is 7.84. The fourth-order valence-corrected chi connectivity index (χ4v) is 2.14. The summed E-state index contributed by atoms with van der Waals surface area (Å²) in [6, 6.07) is 0. The lowest BCUT2D eigenvalue weighted by atomic mass is 10.0. The van der Waals surface area contributed by atoms with Crippen LogP contribution in [-0.4, -0.2) is 11.1 Å². The van der Waals surface area contributed by atoms with Crippen LogP contribution in [0, 0.1) is 17.8 Å². The van der Waals surface area contributed by atoms with E-state index in [0.29, 0.717) is 0 Å². The molecule has 11 heavy (non-hydrogen) atoms. The number of carbonyl (C=O) groups is 1. The quantitative estimate of drug-likeness (QED) is 0.439. The van der Waals surface area contributed by atoms with Crippen molar-refractivity contribution in [2.45, 2.75) is 19.3 Å². The average Bonchev–Trinajstić information content (AvgIpc) is 2.59. The summed E-state index contributed by atoms with van der Waals surface area (Å²) in [7, 11) is 0. The number of rotatable bonds is 1. The SMILES string of the molecule is O=C(N=C=S)C1CC2CC2C1. The number of hydrogen-bond donors (Lipinski definition) is 0. The largest absolute Gasteiger partial charge is 0.272 e. The maximum atomic E-state index is 11.1. The highest BCUT2D eigenvalue weighted by atomic mass is 32.1. The molecule has 0 aromatic carbocycles. The molecular weight excluding hydrogens is 158 g/mol. The van der Waals surface area contributed by atoms with Crippen LogP contribution in [0.15, 0.2) is 4.99 Å². The van der Waals surface area contributed by atoms with E-state index in [-0.39, 0.29) is 11.8 Å². The normalized spacial score (nSPS) is 39.1. The highest BCUT2D eigenvalue weighted by Crippen LogP contribution is 2.54. The summed E-state index contributed by atoms with van der Waals surface area (Å²) in [6.07, 6.45) is 3.43. The van der Waals surface area contributed by atoms with Crippen molar-refractivity contribution in [2.24, 2.45) is 22.7 Å². The minimum Gasteiger partial charge on any atom is -0.272 e. The molecule has 2 rings (SSSR count). The monoisotopic (exact) mass is 167 g/mol. The van der Waals surface area contributed by atoms with Gasteiger partial charge in [0.15, 0.2) is 0 Å². The van der Waals surface area contributed by atoms with Crippen molar-refractivity contribution >= 4 is 23.3 Å². The molecule has 0 aromatic rings. The van der Waals surface area contributed by atoms with Gasteiger partial charge in [-0.2, -0.15) is 4.99 Å². The Labute approximate surface area is 70.7 Å². The van der Waals surface area contributed by atoms with Crippen LogP contribution in [-0.2, 0) is 4.79 Å². The molecule has 0 bridgehead atoms. The van der Waals surface area contributed by atoms with Gasteiger partial charge >= 0.3 is 0 Å². The van der Waals surface area contributed by atoms with Crippen LogP contribution in [0.25, 0.3) is 0 Å². The van der Waals surface area contributed by atoms with Gasteiger partial charge in [0.05, 0.1) is 5.16 Å². The van der Waals surface area contributed by atoms with Gasteiger partial charge in [-0.1, -0.05) is 0 Å². The Bertz CT molecular complexity index is 234. The molecule has 0 heterocycles. The van der Waals surface area contributed by atoms with Crippen LogP contribution in [0.2, 0.25) is 0 Å². The molecule has 3 heteroatoms. The molecule has 2 nitrogen and oxygen atoms in total. The number of carbonyl (C=O) groups excluding carboxylic acids is 1. The average molecular weight is 167 g/mol. The summed E-state index contributed by atoms with van der Waals surface area (Å²) in [5.74, 6) is 1.80. The molecule has 0 radical (unpaired) electrons. The fourth-order valence-electron chi connectivity index (χ4n) is 2.05. The summed E-state index contributed by atoms with van der Waals surface area (Å²) in [4.78, 5) is 14.6. The smallest absolute Gasteiger partial charge is 0.257 e. The Morgan fingerprint density at radius 2 is 2.00 bits per heavy atom. The molecule has 0 spiro atoms. The van der Waals surface area contributed by atoms with E-state index in [4.69, 9.17) is 0 Å². The molecule has 2 fully saturated rings. The molecule has 0 saturated heterocycles. The van der Waals surface area contributed by atoms with E-state index in [2.05, 4.69) is 22.4 Å². The zero-order valence-corrected chi connectivity index (χ0v) is 6.93. The summed E-state index contributed by atoms with van der Waals surface area (Å²) in [5, 5.41) is 2.13. The Balaban J connectivity index is 1.96. The molecular formula is C8H9NOS. The molecule has 1 amide bonds. The molecule has 0 aromatic heterocycles.